The summed E-state index contributed by atoms with van der Waals surface area (Å²) >= 11 is 0. The van der Waals surface area contributed by atoms with Crippen molar-refractivity contribution in [2.45, 2.75) is 6.61 Å². The Balaban J connectivity index is 2.13. The molecule has 0 N–H and O–H groups in total. The molecular weight excluding hydrogens is 315 g/mol. The van der Waals surface area contributed by atoms with Crippen molar-refractivity contribution in [3.63, 3.8) is 0 Å². The van der Waals surface area contributed by atoms with Crippen molar-refractivity contribution >= 4 is 16.6 Å². The molecule has 0 bridgehead atoms. The molecule has 9 heteroatoms. The van der Waals surface area contributed by atoms with Crippen LogP contribution in [0, 0.1) is 5.82 Å². The molecule has 0 spiro atoms. The van der Waals surface area contributed by atoms with Crippen molar-refractivity contribution in [1.29, 1.82) is 0 Å². The fourth-order valence-electron chi connectivity index (χ4n) is 2.84. The number of hydrogen-bond acceptors (Lipinski definition) is 5. The maximum Gasteiger partial charge on any atom is 0.264 e. The summed E-state index contributed by atoms with van der Waals surface area (Å²) in [5, 5.41) is 7.91. The zero-order valence-corrected chi connectivity index (χ0v) is 13.0. The number of hydrogen-bond donors (Lipinski definition) is 0. The molecule has 8 nitrogen and oxygen atoms in total. The van der Waals surface area contributed by atoms with Crippen LogP contribution in [0.15, 0.2) is 35.5 Å². The zero-order valence-electron chi connectivity index (χ0n) is 13.0. The molecule has 3 heterocycles. The third-order valence-electron chi connectivity index (χ3n) is 3.92. The first-order chi connectivity index (χ1) is 11.6. The highest BCUT2D eigenvalue weighted by molar-refractivity contribution is 5.82. The van der Waals surface area contributed by atoms with Gasteiger partial charge in [0, 0.05) is 14.2 Å². The molecule has 0 saturated carbocycles. The molecule has 1 aromatic carbocycles. The molecule has 4 aromatic rings. The Bertz CT molecular complexity index is 1130. The Morgan fingerprint density at radius 2 is 2.17 bits per heavy atom. The van der Waals surface area contributed by atoms with Crippen molar-refractivity contribution in [3.05, 3.63) is 52.6 Å². The molecule has 0 aliphatic heterocycles. The number of aromatic nitrogens is 6. The van der Waals surface area contributed by atoms with Crippen molar-refractivity contribution in [1.82, 2.24) is 28.9 Å². The smallest absolute Gasteiger partial charge is 0.264 e. The Kier molecular flexibility index (Phi) is 3.17. The Morgan fingerprint density at radius 3 is 2.96 bits per heavy atom. The molecule has 0 aliphatic rings. The lowest BCUT2D eigenvalue weighted by Gasteiger charge is -2.09. The van der Waals surface area contributed by atoms with E-state index in [1.165, 1.54) is 21.6 Å². The minimum absolute atomic E-state index is 0.0205. The summed E-state index contributed by atoms with van der Waals surface area (Å²) < 4.78 is 23.7. The summed E-state index contributed by atoms with van der Waals surface area (Å²) in [6.07, 6.45) is 3.09. The van der Waals surface area contributed by atoms with E-state index >= 15 is 0 Å². The molecule has 0 amide bonds. The van der Waals surface area contributed by atoms with E-state index in [4.69, 9.17) is 4.74 Å². The first kappa shape index (κ1) is 14.5. The van der Waals surface area contributed by atoms with Crippen LogP contribution < -0.4 is 5.56 Å². The monoisotopic (exact) mass is 328 g/mol. The first-order valence-corrected chi connectivity index (χ1v) is 7.16. The topological polar surface area (TPSA) is 79.2 Å². The second-order valence-electron chi connectivity index (χ2n) is 5.33. The maximum atomic E-state index is 14.1. The van der Waals surface area contributed by atoms with Gasteiger partial charge in [0.2, 0.25) is 0 Å². The molecule has 24 heavy (non-hydrogen) atoms. The largest absolute Gasteiger partial charge is 0.378 e. The zero-order chi connectivity index (χ0) is 16.8. The van der Waals surface area contributed by atoms with E-state index < -0.39 is 11.4 Å². The van der Waals surface area contributed by atoms with Crippen LogP contribution in [0.3, 0.4) is 0 Å². The SMILES string of the molecule is COCc1cnnn1-c1ncn2c3cccc(F)c3c(=O)n(C)c12. The quantitative estimate of drug-likeness (QED) is 0.562. The van der Waals surface area contributed by atoms with Crippen LogP contribution >= 0.6 is 0 Å². The minimum Gasteiger partial charge on any atom is -0.378 e. The summed E-state index contributed by atoms with van der Waals surface area (Å²) in [5.41, 5.74) is 1.18. The van der Waals surface area contributed by atoms with Crippen LogP contribution in [0.1, 0.15) is 5.69 Å². The summed E-state index contributed by atoms with van der Waals surface area (Å²) in [4.78, 5) is 17.0. The number of benzene rings is 1. The molecule has 122 valence electrons. The van der Waals surface area contributed by atoms with Crippen molar-refractivity contribution in [3.8, 4) is 5.82 Å². The third-order valence-corrected chi connectivity index (χ3v) is 3.92. The average molecular weight is 328 g/mol. The summed E-state index contributed by atoms with van der Waals surface area (Å²) in [5.74, 6) is -0.142. The van der Waals surface area contributed by atoms with Gasteiger partial charge < -0.3 is 4.74 Å². The number of aryl methyl sites for hydroxylation is 1. The van der Waals surface area contributed by atoms with E-state index in [1.807, 2.05) is 0 Å². The summed E-state index contributed by atoms with van der Waals surface area (Å²) in [6.45, 7) is 0.294. The normalized spacial score (nSPS) is 11.6. The van der Waals surface area contributed by atoms with Crippen LogP contribution in [0.25, 0.3) is 22.4 Å². The fraction of sp³-hybridized carbons (Fsp3) is 0.200. The highest BCUT2D eigenvalue weighted by Crippen LogP contribution is 2.20. The number of ether oxygens (including phenoxy) is 1. The number of imidazole rings is 1. The summed E-state index contributed by atoms with van der Waals surface area (Å²) in [6, 6.07) is 4.50. The van der Waals surface area contributed by atoms with Gasteiger partial charge in [0.15, 0.2) is 11.5 Å². The van der Waals surface area contributed by atoms with E-state index in [9.17, 15) is 9.18 Å². The van der Waals surface area contributed by atoms with Gasteiger partial charge in [-0.2, -0.15) is 4.68 Å². The van der Waals surface area contributed by atoms with Crippen molar-refractivity contribution in [2.24, 2.45) is 7.05 Å². The molecule has 0 atom stereocenters. The number of halogens is 1. The molecular formula is C15H13FN6O2. The van der Waals surface area contributed by atoms with E-state index in [0.717, 1.165) is 0 Å². The highest BCUT2D eigenvalue weighted by atomic mass is 19.1. The van der Waals surface area contributed by atoms with Crippen LogP contribution in [0.2, 0.25) is 0 Å². The number of nitrogens with zero attached hydrogens (tertiary/aromatic N) is 6. The Hall–Kier alpha value is -3.07. The van der Waals surface area contributed by atoms with Crippen LogP contribution in [-0.2, 0) is 18.4 Å². The van der Waals surface area contributed by atoms with E-state index in [0.29, 0.717) is 29.3 Å². The molecule has 0 saturated heterocycles. The van der Waals surface area contributed by atoms with Gasteiger partial charge in [-0.3, -0.25) is 13.8 Å². The predicted molar refractivity (Wildman–Crippen MR) is 83.5 cm³/mol. The molecule has 0 fully saturated rings. The van der Waals surface area contributed by atoms with Crippen LogP contribution in [0.4, 0.5) is 4.39 Å². The molecule has 4 rings (SSSR count). The second-order valence-corrected chi connectivity index (χ2v) is 5.33. The van der Waals surface area contributed by atoms with Crippen molar-refractivity contribution in [2.75, 3.05) is 7.11 Å². The molecule has 3 aromatic heterocycles. The van der Waals surface area contributed by atoms with Gasteiger partial charge in [-0.1, -0.05) is 11.3 Å². The maximum absolute atomic E-state index is 14.1. The molecule has 0 radical (unpaired) electrons. The average Bonchev–Trinajstić information content (AvgIpc) is 3.19. The predicted octanol–water partition coefficient (Wildman–Crippen LogP) is 1.05. The van der Waals surface area contributed by atoms with Gasteiger partial charge in [0.25, 0.3) is 5.56 Å². The summed E-state index contributed by atoms with van der Waals surface area (Å²) in [7, 11) is 3.14. The van der Waals surface area contributed by atoms with Gasteiger partial charge >= 0.3 is 0 Å². The lowest BCUT2D eigenvalue weighted by Crippen LogP contribution is -2.21. The van der Waals surface area contributed by atoms with Crippen molar-refractivity contribution < 1.29 is 9.13 Å². The first-order valence-electron chi connectivity index (χ1n) is 7.16. The van der Waals surface area contributed by atoms with Gasteiger partial charge in [0.1, 0.15) is 12.1 Å². The Morgan fingerprint density at radius 1 is 1.33 bits per heavy atom. The van der Waals surface area contributed by atoms with E-state index in [-0.39, 0.29) is 5.39 Å². The fourth-order valence-corrected chi connectivity index (χ4v) is 2.84. The minimum atomic E-state index is -0.564. The van der Waals surface area contributed by atoms with Gasteiger partial charge in [0.05, 0.1) is 29.4 Å². The van der Waals surface area contributed by atoms with E-state index in [2.05, 4.69) is 15.3 Å². The molecule has 0 aliphatic carbocycles. The number of rotatable bonds is 3. The van der Waals surface area contributed by atoms with Crippen LogP contribution in [0.5, 0.6) is 0 Å². The number of fused-ring (bicyclic) bond motifs is 3. The second kappa shape index (κ2) is 5.24. The van der Waals surface area contributed by atoms with E-state index in [1.54, 1.807) is 36.9 Å². The standard InChI is InChI=1S/C15H13FN6O2/c1-20-14-13(22-9(7-24-2)6-18-19-22)17-8-21(14)11-5-3-4-10(16)12(11)15(20)23/h3-6,8H,7H2,1-2H3. The van der Waals surface area contributed by atoms with Gasteiger partial charge in [-0.15, -0.1) is 5.10 Å². The van der Waals surface area contributed by atoms with Crippen LogP contribution in [-0.4, -0.2) is 36.1 Å². The highest BCUT2D eigenvalue weighted by Gasteiger charge is 2.19. The third kappa shape index (κ3) is 1.88. The molecule has 0 unspecified atom stereocenters. The lowest BCUT2D eigenvalue weighted by atomic mass is 10.2. The lowest BCUT2D eigenvalue weighted by molar-refractivity contribution is 0.179. The van der Waals surface area contributed by atoms with Gasteiger partial charge in [-0.05, 0) is 12.1 Å². The number of methoxy groups -OCH3 is 1. The Labute approximate surface area is 134 Å². The van der Waals surface area contributed by atoms with Gasteiger partial charge in [-0.25, -0.2) is 9.37 Å².